The molecule has 2 aromatic carbocycles. The number of hydrogen-bond acceptors (Lipinski definition) is 6. The molecular weight excluding hydrogens is 388 g/mol. The second kappa shape index (κ2) is 8.59. The van der Waals surface area contributed by atoms with Crippen LogP contribution in [0.25, 0.3) is 11.0 Å². The fourth-order valence-corrected chi connectivity index (χ4v) is 2.85. The lowest BCUT2D eigenvalue weighted by molar-refractivity contribution is 0.0621. The Hall–Kier alpha value is -3.32. The first-order valence-electron chi connectivity index (χ1n) is 9.49. The molecule has 0 saturated carbocycles. The van der Waals surface area contributed by atoms with Gasteiger partial charge in [-0.05, 0) is 35.2 Å². The third-order valence-corrected chi connectivity index (χ3v) is 4.50. The van der Waals surface area contributed by atoms with Crippen molar-refractivity contribution in [3.8, 4) is 11.5 Å². The zero-order valence-corrected chi connectivity index (χ0v) is 17.0. The van der Waals surface area contributed by atoms with E-state index in [2.05, 4.69) is 20.8 Å². The van der Waals surface area contributed by atoms with Crippen LogP contribution in [0.1, 0.15) is 36.9 Å². The van der Waals surface area contributed by atoms with Crippen molar-refractivity contribution < 1.29 is 28.9 Å². The van der Waals surface area contributed by atoms with Gasteiger partial charge in [-0.15, -0.1) is 0 Å². The molecule has 0 spiro atoms. The second-order valence-electron chi connectivity index (χ2n) is 7.97. The number of carboxylic acids is 1. The van der Waals surface area contributed by atoms with Gasteiger partial charge in [-0.1, -0.05) is 39.0 Å². The smallest absolute Gasteiger partial charge is 0.371 e. The summed E-state index contributed by atoms with van der Waals surface area (Å²) in [5.74, 6) is -1.02. The topological polar surface area (TPSA) is 106 Å². The zero-order valence-electron chi connectivity index (χ0n) is 17.0. The Kier molecular flexibility index (Phi) is 6.12. The van der Waals surface area contributed by atoms with Gasteiger partial charge in [0, 0.05) is 6.07 Å². The molecule has 0 radical (unpaired) electrons. The Bertz CT molecular complexity index is 1110. The molecule has 2 N–H and O–H groups in total. The average Bonchev–Trinajstić information content (AvgIpc) is 2.70. The lowest BCUT2D eigenvalue weighted by Crippen LogP contribution is -2.25. The Morgan fingerprint density at radius 3 is 2.47 bits per heavy atom. The van der Waals surface area contributed by atoms with E-state index < -0.39 is 23.3 Å². The Morgan fingerprint density at radius 1 is 1.07 bits per heavy atom. The normalized spacial score (nSPS) is 12.5. The summed E-state index contributed by atoms with van der Waals surface area (Å²) in [5, 5.41) is 19.5. The van der Waals surface area contributed by atoms with Gasteiger partial charge in [0.05, 0.1) is 5.39 Å². The molecule has 0 saturated heterocycles. The second-order valence-corrected chi connectivity index (χ2v) is 7.97. The summed E-state index contributed by atoms with van der Waals surface area (Å²) < 4.78 is 16.6. The van der Waals surface area contributed by atoms with Gasteiger partial charge in [0.15, 0.2) is 16.8 Å². The van der Waals surface area contributed by atoms with Crippen molar-refractivity contribution >= 4 is 16.9 Å². The van der Waals surface area contributed by atoms with Crippen LogP contribution >= 0.6 is 0 Å². The summed E-state index contributed by atoms with van der Waals surface area (Å²) in [6.07, 6.45) is -0.951. The predicted molar refractivity (Wildman–Crippen MR) is 112 cm³/mol. The summed E-state index contributed by atoms with van der Waals surface area (Å²) in [7, 11) is 0. The number of aromatic carboxylic acids is 1. The van der Waals surface area contributed by atoms with Crippen LogP contribution in [-0.2, 0) is 5.41 Å². The molecule has 0 bridgehead atoms. The quantitative estimate of drug-likeness (QED) is 0.611. The summed E-state index contributed by atoms with van der Waals surface area (Å²) in [4.78, 5) is 23.3. The monoisotopic (exact) mass is 412 g/mol. The number of benzene rings is 2. The van der Waals surface area contributed by atoms with E-state index in [4.69, 9.17) is 19.0 Å². The average molecular weight is 412 g/mol. The van der Waals surface area contributed by atoms with Gasteiger partial charge in [0.1, 0.15) is 25.1 Å². The van der Waals surface area contributed by atoms with Crippen molar-refractivity contribution in [1.82, 2.24) is 0 Å². The SMILES string of the molecule is CC(C)(C)c1cccc(OCC(O)COc2cccc3c(=O)cc(C(=O)O)oc23)c1. The lowest BCUT2D eigenvalue weighted by atomic mass is 9.87. The maximum atomic E-state index is 12.1. The molecule has 0 aliphatic rings. The largest absolute Gasteiger partial charge is 0.491 e. The van der Waals surface area contributed by atoms with Crippen LogP contribution in [0.4, 0.5) is 0 Å². The zero-order chi connectivity index (χ0) is 21.9. The number of fused-ring (bicyclic) bond motifs is 1. The van der Waals surface area contributed by atoms with Crippen LogP contribution in [-0.4, -0.2) is 35.5 Å². The third kappa shape index (κ3) is 4.99. The standard InChI is InChI=1S/C23H24O7/c1-23(2,3)14-6-4-7-16(10-14)28-12-15(24)13-29-19-9-5-8-17-18(25)11-20(22(26)27)30-21(17)19/h4-11,15,24H,12-13H2,1-3H3,(H,26,27). The molecule has 1 aromatic heterocycles. The van der Waals surface area contributed by atoms with E-state index in [1.54, 1.807) is 6.07 Å². The number of rotatable bonds is 7. The molecule has 1 atom stereocenters. The predicted octanol–water partition coefficient (Wildman–Crippen LogP) is 3.61. The number of carboxylic acid groups (broad SMARTS) is 1. The number of ether oxygens (including phenoxy) is 2. The molecule has 0 fully saturated rings. The van der Waals surface area contributed by atoms with Gasteiger partial charge in [-0.25, -0.2) is 4.79 Å². The highest BCUT2D eigenvalue weighted by molar-refractivity contribution is 5.89. The highest BCUT2D eigenvalue weighted by Gasteiger charge is 2.16. The van der Waals surface area contributed by atoms with Crippen molar-refractivity contribution in [2.75, 3.05) is 13.2 Å². The van der Waals surface area contributed by atoms with Gasteiger partial charge < -0.3 is 24.1 Å². The molecular formula is C23H24O7. The summed E-state index contributed by atoms with van der Waals surface area (Å²) >= 11 is 0. The molecule has 0 aliphatic heterocycles. The van der Waals surface area contributed by atoms with E-state index in [9.17, 15) is 14.7 Å². The molecule has 7 nitrogen and oxygen atoms in total. The van der Waals surface area contributed by atoms with Crippen LogP contribution in [0.5, 0.6) is 11.5 Å². The fraction of sp³-hybridized carbons (Fsp3) is 0.304. The number of aliphatic hydroxyl groups excluding tert-OH is 1. The van der Waals surface area contributed by atoms with Crippen molar-refractivity contribution in [3.05, 3.63) is 70.1 Å². The van der Waals surface area contributed by atoms with Crippen molar-refractivity contribution in [1.29, 1.82) is 0 Å². The van der Waals surface area contributed by atoms with Crippen molar-refractivity contribution in [2.45, 2.75) is 32.3 Å². The molecule has 158 valence electrons. The first-order chi connectivity index (χ1) is 14.1. The van der Waals surface area contributed by atoms with E-state index in [-0.39, 0.29) is 35.3 Å². The van der Waals surface area contributed by atoms with Crippen LogP contribution in [0.2, 0.25) is 0 Å². The number of hydrogen-bond donors (Lipinski definition) is 2. The van der Waals surface area contributed by atoms with E-state index in [0.717, 1.165) is 11.6 Å². The number of para-hydroxylation sites is 1. The molecule has 3 rings (SSSR count). The van der Waals surface area contributed by atoms with Crippen LogP contribution < -0.4 is 14.9 Å². The Morgan fingerprint density at radius 2 is 1.77 bits per heavy atom. The third-order valence-electron chi connectivity index (χ3n) is 4.50. The maximum absolute atomic E-state index is 12.1. The summed E-state index contributed by atoms with van der Waals surface area (Å²) in [6, 6.07) is 13.2. The Labute approximate surface area is 173 Å². The minimum absolute atomic E-state index is 0.00267. The van der Waals surface area contributed by atoms with E-state index in [1.165, 1.54) is 12.1 Å². The van der Waals surface area contributed by atoms with Crippen molar-refractivity contribution in [3.63, 3.8) is 0 Å². The highest BCUT2D eigenvalue weighted by Crippen LogP contribution is 2.26. The van der Waals surface area contributed by atoms with E-state index in [0.29, 0.717) is 5.75 Å². The summed E-state index contributed by atoms with van der Waals surface area (Å²) in [5.41, 5.74) is 0.634. The molecule has 7 heteroatoms. The van der Waals surface area contributed by atoms with Gasteiger partial charge in [-0.3, -0.25) is 4.79 Å². The first-order valence-corrected chi connectivity index (χ1v) is 9.49. The van der Waals surface area contributed by atoms with Crippen molar-refractivity contribution in [2.24, 2.45) is 0 Å². The van der Waals surface area contributed by atoms with Gasteiger partial charge >= 0.3 is 5.97 Å². The van der Waals surface area contributed by atoms with Crippen LogP contribution in [0.3, 0.4) is 0 Å². The van der Waals surface area contributed by atoms with Crippen LogP contribution in [0.15, 0.2) is 57.7 Å². The van der Waals surface area contributed by atoms with E-state index >= 15 is 0 Å². The maximum Gasteiger partial charge on any atom is 0.371 e. The molecule has 0 amide bonds. The number of aliphatic hydroxyl groups is 1. The van der Waals surface area contributed by atoms with Crippen LogP contribution in [0, 0.1) is 0 Å². The highest BCUT2D eigenvalue weighted by atomic mass is 16.5. The first kappa shape index (κ1) is 21.4. The lowest BCUT2D eigenvalue weighted by Gasteiger charge is -2.20. The molecule has 3 aromatic rings. The minimum Gasteiger partial charge on any atom is -0.491 e. The van der Waals surface area contributed by atoms with Gasteiger partial charge in [0.25, 0.3) is 0 Å². The summed E-state index contributed by atoms with van der Waals surface area (Å²) in [6.45, 7) is 6.19. The van der Waals surface area contributed by atoms with Gasteiger partial charge in [-0.2, -0.15) is 0 Å². The minimum atomic E-state index is -1.35. The molecule has 1 heterocycles. The van der Waals surface area contributed by atoms with Gasteiger partial charge in [0.2, 0.25) is 5.76 Å². The van der Waals surface area contributed by atoms with E-state index in [1.807, 2.05) is 24.3 Å². The molecule has 30 heavy (non-hydrogen) atoms. The Balaban J connectivity index is 1.68. The fourth-order valence-electron chi connectivity index (χ4n) is 2.85. The molecule has 1 unspecified atom stereocenters. The number of carbonyl (C=O) groups is 1. The molecule has 0 aliphatic carbocycles.